The maximum atomic E-state index is 5.95. The summed E-state index contributed by atoms with van der Waals surface area (Å²) in [5.74, 6) is 0. The highest BCUT2D eigenvalue weighted by molar-refractivity contribution is 7.13. The van der Waals surface area contributed by atoms with Crippen molar-refractivity contribution in [2.45, 2.75) is 26.8 Å². The van der Waals surface area contributed by atoms with E-state index in [4.69, 9.17) is 11.6 Å². The molecule has 17 heavy (non-hydrogen) atoms. The van der Waals surface area contributed by atoms with E-state index < -0.39 is 0 Å². The molecule has 0 saturated carbocycles. The van der Waals surface area contributed by atoms with Crippen LogP contribution in [0.4, 0.5) is 0 Å². The van der Waals surface area contributed by atoms with Crippen LogP contribution in [0.15, 0.2) is 6.20 Å². The maximum absolute atomic E-state index is 5.95. The van der Waals surface area contributed by atoms with E-state index >= 15 is 0 Å². The fourth-order valence-electron chi connectivity index (χ4n) is 1.32. The molecule has 1 N–H and O–H groups in total. The second kappa shape index (κ2) is 5.57. The second-order valence-corrected chi connectivity index (χ2v) is 5.11. The monoisotopic (exact) mass is 271 g/mol. The third-order valence-electron chi connectivity index (χ3n) is 2.19. The molecule has 0 aromatic carbocycles. The van der Waals surface area contributed by atoms with Gasteiger partial charge >= 0.3 is 0 Å². The molecule has 0 aliphatic heterocycles. The average molecular weight is 272 g/mol. The van der Waals surface area contributed by atoms with Gasteiger partial charge in [-0.1, -0.05) is 29.9 Å². The summed E-state index contributed by atoms with van der Waals surface area (Å²) in [4.78, 5) is 0. The van der Waals surface area contributed by atoms with Crippen molar-refractivity contribution in [1.82, 2.24) is 25.3 Å². The van der Waals surface area contributed by atoms with Gasteiger partial charge in [0.05, 0.1) is 16.9 Å². The standard InChI is InChI=1S/C10H14ClN5S/c1-3-4-12-5-9-13-14-10(17-9)16-6-8(11)7(2)15-16/h6,12H,3-5H2,1-2H3. The Hall–Kier alpha value is -0.980. The summed E-state index contributed by atoms with van der Waals surface area (Å²) in [7, 11) is 0. The van der Waals surface area contributed by atoms with Gasteiger partial charge in [0.25, 0.3) is 0 Å². The molecular weight excluding hydrogens is 258 g/mol. The highest BCUT2D eigenvalue weighted by Gasteiger charge is 2.09. The summed E-state index contributed by atoms with van der Waals surface area (Å²) in [6.07, 6.45) is 2.86. The number of halogens is 1. The van der Waals surface area contributed by atoms with E-state index in [0.717, 1.165) is 35.3 Å². The number of hydrogen-bond donors (Lipinski definition) is 1. The van der Waals surface area contributed by atoms with Crippen LogP contribution >= 0.6 is 22.9 Å². The van der Waals surface area contributed by atoms with Crippen LogP contribution in [0, 0.1) is 6.92 Å². The summed E-state index contributed by atoms with van der Waals surface area (Å²) in [5.41, 5.74) is 0.799. The summed E-state index contributed by atoms with van der Waals surface area (Å²) in [6.45, 7) is 5.73. The third kappa shape index (κ3) is 3.02. The summed E-state index contributed by atoms with van der Waals surface area (Å²) in [6, 6.07) is 0. The lowest BCUT2D eigenvalue weighted by Crippen LogP contribution is -2.13. The van der Waals surface area contributed by atoms with Gasteiger partial charge in [-0.3, -0.25) is 0 Å². The molecule has 0 amide bonds. The first kappa shape index (κ1) is 12.5. The van der Waals surface area contributed by atoms with E-state index in [9.17, 15) is 0 Å². The topological polar surface area (TPSA) is 55.6 Å². The van der Waals surface area contributed by atoms with Crippen LogP contribution in [0.5, 0.6) is 0 Å². The Morgan fingerprint density at radius 3 is 2.94 bits per heavy atom. The molecule has 0 radical (unpaired) electrons. The fourth-order valence-corrected chi connectivity index (χ4v) is 2.18. The highest BCUT2D eigenvalue weighted by atomic mass is 35.5. The Labute approximate surface area is 109 Å². The Morgan fingerprint density at radius 2 is 2.29 bits per heavy atom. The molecule has 0 aliphatic carbocycles. The zero-order valence-electron chi connectivity index (χ0n) is 9.77. The number of nitrogens with zero attached hydrogens (tertiary/aromatic N) is 4. The molecule has 2 aromatic heterocycles. The molecule has 0 spiro atoms. The summed E-state index contributed by atoms with van der Waals surface area (Å²) in [5, 5.41) is 18.1. The van der Waals surface area contributed by atoms with E-state index in [1.165, 1.54) is 11.3 Å². The lowest BCUT2D eigenvalue weighted by atomic mass is 10.5. The van der Waals surface area contributed by atoms with E-state index in [-0.39, 0.29) is 0 Å². The van der Waals surface area contributed by atoms with Crippen molar-refractivity contribution in [2.75, 3.05) is 6.54 Å². The van der Waals surface area contributed by atoms with Gasteiger partial charge in [0.15, 0.2) is 0 Å². The molecule has 0 fully saturated rings. The number of aromatic nitrogens is 4. The normalized spacial score (nSPS) is 11.0. The largest absolute Gasteiger partial charge is 0.310 e. The predicted octanol–water partition coefficient (Wildman–Crippen LogP) is 2.19. The quantitative estimate of drug-likeness (QED) is 0.847. The average Bonchev–Trinajstić information content (AvgIpc) is 2.88. The first-order valence-electron chi connectivity index (χ1n) is 5.46. The van der Waals surface area contributed by atoms with Crippen molar-refractivity contribution in [3.05, 3.63) is 21.9 Å². The van der Waals surface area contributed by atoms with Crippen molar-refractivity contribution >= 4 is 22.9 Å². The molecule has 0 aliphatic rings. The molecule has 92 valence electrons. The minimum Gasteiger partial charge on any atom is -0.310 e. The number of rotatable bonds is 5. The Balaban J connectivity index is 2.07. The van der Waals surface area contributed by atoms with Crippen LogP contribution in [0.2, 0.25) is 5.02 Å². The Kier molecular flexibility index (Phi) is 4.09. The first-order chi connectivity index (χ1) is 8.20. The van der Waals surface area contributed by atoms with Gasteiger partial charge in [-0.05, 0) is 19.9 Å². The van der Waals surface area contributed by atoms with Crippen LogP contribution < -0.4 is 5.32 Å². The molecule has 0 saturated heterocycles. The second-order valence-electron chi connectivity index (χ2n) is 3.66. The van der Waals surface area contributed by atoms with Crippen molar-refractivity contribution < 1.29 is 0 Å². The van der Waals surface area contributed by atoms with Crippen LogP contribution in [-0.2, 0) is 6.54 Å². The fraction of sp³-hybridized carbons (Fsp3) is 0.500. The minimum absolute atomic E-state index is 0.644. The molecule has 7 heteroatoms. The van der Waals surface area contributed by atoms with Crippen molar-refractivity contribution in [3.8, 4) is 5.13 Å². The van der Waals surface area contributed by atoms with Crippen LogP contribution in [0.25, 0.3) is 5.13 Å². The van der Waals surface area contributed by atoms with Gasteiger partial charge in [-0.15, -0.1) is 10.2 Å². The number of nitrogens with one attached hydrogen (secondary N) is 1. The van der Waals surface area contributed by atoms with Crippen molar-refractivity contribution in [2.24, 2.45) is 0 Å². The maximum Gasteiger partial charge on any atom is 0.232 e. The van der Waals surface area contributed by atoms with Gasteiger partial charge in [0.1, 0.15) is 5.01 Å². The molecule has 0 unspecified atom stereocenters. The van der Waals surface area contributed by atoms with E-state index in [1.54, 1.807) is 10.9 Å². The zero-order chi connectivity index (χ0) is 12.3. The zero-order valence-corrected chi connectivity index (χ0v) is 11.3. The van der Waals surface area contributed by atoms with Crippen LogP contribution in [0.3, 0.4) is 0 Å². The predicted molar refractivity (Wildman–Crippen MR) is 68.8 cm³/mol. The summed E-state index contributed by atoms with van der Waals surface area (Å²) < 4.78 is 1.67. The van der Waals surface area contributed by atoms with Crippen molar-refractivity contribution in [1.29, 1.82) is 0 Å². The third-order valence-corrected chi connectivity index (χ3v) is 3.48. The first-order valence-corrected chi connectivity index (χ1v) is 6.65. The van der Waals surface area contributed by atoms with Gasteiger partial charge in [-0.25, -0.2) is 4.68 Å². The van der Waals surface area contributed by atoms with Crippen LogP contribution in [-0.4, -0.2) is 26.5 Å². The minimum atomic E-state index is 0.644. The highest BCUT2D eigenvalue weighted by Crippen LogP contribution is 2.18. The smallest absolute Gasteiger partial charge is 0.232 e. The Bertz CT molecular complexity index is 473. The van der Waals surface area contributed by atoms with Crippen molar-refractivity contribution in [3.63, 3.8) is 0 Å². The van der Waals surface area contributed by atoms with E-state index in [1.807, 2.05) is 6.92 Å². The van der Waals surface area contributed by atoms with Gasteiger partial charge < -0.3 is 5.32 Å². The molecular formula is C10H14ClN5S. The van der Waals surface area contributed by atoms with Gasteiger partial charge in [-0.2, -0.15) is 5.10 Å². The number of aryl methyl sites for hydroxylation is 1. The lowest BCUT2D eigenvalue weighted by Gasteiger charge is -1.96. The van der Waals surface area contributed by atoms with Crippen LogP contribution in [0.1, 0.15) is 24.0 Å². The van der Waals surface area contributed by atoms with E-state index in [2.05, 4.69) is 27.5 Å². The molecule has 2 heterocycles. The molecule has 5 nitrogen and oxygen atoms in total. The molecule has 2 rings (SSSR count). The van der Waals surface area contributed by atoms with E-state index in [0.29, 0.717) is 5.02 Å². The number of hydrogen-bond acceptors (Lipinski definition) is 5. The lowest BCUT2D eigenvalue weighted by molar-refractivity contribution is 0.667. The Morgan fingerprint density at radius 1 is 1.47 bits per heavy atom. The van der Waals surface area contributed by atoms with Gasteiger partial charge in [0, 0.05) is 6.54 Å². The molecule has 0 bridgehead atoms. The molecule has 0 atom stereocenters. The summed E-state index contributed by atoms with van der Waals surface area (Å²) >= 11 is 7.46. The molecule has 2 aromatic rings. The SMILES string of the molecule is CCCNCc1nnc(-n2cc(Cl)c(C)n2)s1. The van der Waals surface area contributed by atoms with Gasteiger partial charge in [0.2, 0.25) is 5.13 Å².